The van der Waals surface area contributed by atoms with Gasteiger partial charge in [-0.1, -0.05) is 18.2 Å². The molecule has 0 saturated carbocycles. The summed E-state index contributed by atoms with van der Waals surface area (Å²) in [7, 11) is 0. The van der Waals surface area contributed by atoms with Gasteiger partial charge in [0.1, 0.15) is 6.04 Å². The van der Waals surface area contributed by atoms with Gasteiger partial charge in [0.2, 0.25) is 0 Å². The van der Waals surface area contributed by atoms with E-state index in [1.165, 1.54) is 0 Å². The Balaban J connectivity index is 1.98. The van der Waals surface area contributed by atoms with Crippen molar-refractivity contribution in [1.29, 1.82) is 0 Å². The molecule has 1 aliphatic heterocycles. The van der Waals surface area contributed by atoms with Crippen molar-refractivity contribution >= 4 is 22.8 Å². The lowest BCUT2D eigenvalue weighted by molar-refractivity contribution is -0.141. The second-order valence-corrected chi connectivity index (χ2v) is 4.82. The van der Waals surface area contributed by atoms with Crippen LogP contribution in [-0.4, -0.2) is 55.9 Å². The highest BCUT2D eigenvalue weighted by molar-refractivity contribution is 6.05. The normalized spacial score (nSPS) is 22.4. The third-order valence-electron chi connectivity index (χ3n) is 3.50. The number of nitrogens with zero attached hydrogens (tertiary/aromatic N) is 2. The van der Waals surface area contributed by atoms with Gasteiger partial charge in [0.15, 0.2) is 5.69 Å². The van der Waals surface area contributed by atoms with E-state index < -0.39 is 24.0 Å². The van der Waals surface area contributed by atoms with Crippen LogP contribution in [-0.2, 0) is 4.79 Å². The van der Waals surface area contributed by atoms with Crippen molar-refractivity contribution in [2.45, 2.75) is 18.6 Å². The number of hydrogen-bond acceptors (Lipinski definition) is 4. The predicted molar refractivity (Wildman–Crippen MR) is 69.2 cm³/mol. The number of carboxylic acid groups (broad SMARTS) is 1. The number of fused-ring (bicyclic) bond motifs is 1. The molecule has 7 nitrogen and oxygen atoms in total. The second-order valence-electron chi connectivity index (χ2n) is 4.82. The second kappa shape index (κ2) is 4.61. The Morgan fingerprint density at radius 2 is 2.10 bits per heavy atom. The molecule has 0 unspecified atom stereocenters. The summed E-state index contributed by atoms with van der Waals surface area (Å²) in [5.41, 5.74) is 0.892. The number of aliphatic hydroxyl groups is 1. The van der Waals surface area contributed by atoms with Crippen LogP contribution in [0, 0.1) is 0 Å². The van der Waals surface area contributed by atoms with Crippen LogP contribution < -0.4 is 0 Å². The third-order valence-corrected chi connectivity index (χ3v) is 3.50. The molecule has 1 saturated heterocycles. The lowest BCUT2D eigenvalue weighted by Gasteiger charge is -2.20. The minimum absolute atomic E-state index is 0.0109. The number of carbonyl (C=O) groups excluding carboxylic acids is 1. The summed E-state index contributed by atoms with van der Waals surface area (Å²) in [6, 6.07) is 6.12. The van der Waals surface area contributed by atoms with E-state index in [1.54, 1.807) is 18.2 Å². The van der Waals surface area contributed by atoms with Crippen molar-refractivity contribution in [1.82, 2.24) is 15.1 Å². The first-order valence-corrected chi connectivity index (χ1v) is 6.23. The van der Waals surface area contributed by atoms with Crippen molar-refractivity contribution in [2.75, 3.05) is 6.54 Å². The number of rotatable bonds is 2. The van der Waals surface area contributed by atoms with Gasteiger partial charge in [0.25, 0.3) is 5.91 Å². The zero-order valence-corrected chi connectivity index (χ0v) is 10.5. The highest BCUT2D eigenvalue weighted by atomic mass is 16.4. The van der Waals surface area contributed by atoms with E-state index in [9.17, 15) is 14.7 Å². The number of likely N-dealkylation sites (tertiary alicyclic amines) is 1. The number of amides is 1. The van der Waals surface area contributed by atoms with Gasteiger partial charge in [-0.15, -0.1) is 0 Å². The van der Waals surface area contributed by atoms with E-state index in [4.69, 9.17) is 5.11 Å². The Hall–Kier alpha value is -2.41. The molecule has 0 spiro atoms. The molecule has 0 aliphatic carbocycles. The maximum absolute atomic E-state index is 12.5. The van der Waals surface area contributed by atoms with Crippen LogP contribution in [0.3, 0.4) is 0 Å². The van der Waals surface area contributed by atoms with Crippen LogP contribution in [0.1, 0.15) is 16.9 Å². The van der Waals surface area contributed by atoms with Crippen LogP contribution in [0.25, 0.3) is 10.9 Å². The number of H-pyrrole nitrogens is 1. The lowest BCUT2D eigenvalue weighted by atomic mass is 10.1. The fourth-order valence-corrected chi connectivity index (χ4v) is 2.53. The van der Waals surface area contributed by atoms with Gasteiger partial charge in [-0.2, -0.15) is 5.10 Å². The predicted octanol–water partition coefficient (Wildman–Crippen LogP) is 0.223. The molecule has 2 atom stereocenters. The van der Waals surface area contributed by atoms with Crippen molar-refractivity contribution in [3.8, 4) is 0 Å². The van der Waals surface area contributed by atoms with Gasteiger partial charge >= 0.3 is 5.97 Å². The number of β-amino-alcohol motifs (C(OH)–C–C–N with tert-alkyl or cyclic N) is 1. The molecule has 3 N–H and O–H groups in total. The van der Waals surface area contributed by atoms with E-state index >= 15 is 0 Å². The Morgan fingerprint density at radius 1 is 1.35 bits per heavy atom. The van der Waals surface area contributed by atoms with Crippen molar-refractivity contribution in [3.63, 3.8) is 0 Å². The summed E-state index contributed by atoms with van der Waals surface area (Å²) in [4.78, 5) is 24.8. The van der Waals surface area contributed by atoms with Crippen LogP contribution in [0.15, 0.2) is 24.3 Å². The molecule has 104 valence electrons. The third kappa shape index (κ3) is 1.92. The van der Waals surface area contributed by atoms with Crippen LogP contribution >= 0.6 is 0 Å². The van der Waals surface area contributed by atoms with Gasteiger partial charge in [-0.3, -0.25) is 9.89 Å². The minimum Gasteiger partial charge on any atom is -0.480 e. The molecule has 3 rings (SSSR count). The highest BCUT2D eigenvalue weighted by Gasteiger charge is 2.40. The summed E-state index contributed by atoms with van der Waals surface area (Å²) < 4.78 is 0. The van der Waals surface area contributed by atoms with Gasteiger partial charge in [0.05, 0.1) is 11.6 Å². The Bertz CT molecular complexity index is 681. The molecule has 1 aliphatic rings. The van der Waals surface area contributed by atoms with Crippen LogP contribution in [0.4, 0.5) is 0 Å². The Morgan fingerprint density at radius 3 is 2.85 bits per heavy atom. The molecular formula is C13H13N3O4. The number of aromatic nitrogens is 2. The molecule has 1 aromatic carbocycles. The molecule has 1 fully saturated rings. The van der Waals surface area contributed by atoms with Crippen LogP contribution in [0.5, 0.6) is 0 Å². The lowest BCUT2D eigenvalue weighted by Crippen LogP contribution is -2.40. The van der Waals surface area contributed by atoms with E-state index in [-0.39, 0.29) is 18.7 Å². The largest absolute Gasteiger partial charge is 0.480 e. The number of para-hydroxylation sites is 1. The van der Waals surface area contributed by atoms with E-state index in [0.717, 1.165) is 4.90 Å². The first kappa shape index (κ1) is 12.6. The number of nitrogens with one attached hydrogen (secondary N) is 1. The first-order chi connectivity index (χ1) is 9.58. The average Bonchev–Trinajstić information content (AvgIpc) is 3.01. The van der Waals surface area contributed by atoms with E-state index in [0.29, 0.717) is 10.9 Å². The quantitative estimate of drug-likeness (QED) is 0.727. The smallest absolute Gasteiger partial charge is 0.326 e. The summed E-state index contributed by atoms with van der Waals surface area (Å²) >= 11 is 0. The monoisotopic (exact) mass is 275 g/mol. The van der Waals surface area contributed by atoms with Gasteiger partial charge in [0, 0.05) is 18.4 Å². The molecule has 1 amide bonds. The highest BCUT2D eigenvalue weighted by Crippen LogP contribution is 2.23. The zero-order chi connectivity index (χ0) is 14.3. The molecule has 20 heavy (non-hydrogen) atoms. The molecule has 2 aromatic rings. The Labute approximate surface area is 113 Å². The van der Waals surface area contributed by atoms with Gasteiger partial charge in [-0.05, 0) is 6.07 Å². The number of aliphatic carboxylic acids is 1. The number of aromatic amines is 1. The minimum atomic E-state index is -1.12. The molecule has 1 aromatic heterocycles. The number of aliphatic hydroxyl groups excluding tert-OH is 1. The fourth-order valence-electron chi connectivity index (χ4n) is 2.53. The SMILES string of the molecule is O=C(O)[C@@H]1C[C@@H](O)CN1C(=O)c1n[nH]c2ccccc12. The molecule has 7 heteroatoms. The maximum Gasteiger partial charge on any atom is 0.326 e. The van der Waals surface area contributed by atoms with Gasteiger partial charge < -0.3 is 15.1 Å². The van der Waals surface area contributed by atoms with Crippen molar-refractivity contribution in [3.05, 3.63) is 30.0 Å². The summed E-state index contributed by atoms with van der Waals surface area (Å²) in [5, 5.41) is 26.1. The molecular weight excluding hydrogens is 262 g/mol. The summed E-state index contributed by atoms with van der Waals surface area (Å²) in [6.45, 7) is 0.0109. The molecule has 0 radical (unpaired) electrons. The number of benzene rings is 1. The Kier molecular flexibility index (Phi) is 2.90. The number of carbonyl (C=O) groups is 2. The topological polar surface area (TPSA) is 107 Å². The molecule has 2 heterocycles. The maximum atomic E-state index is 12.5. The fraction of sp³-hybridized carbons (Fsp3) is 0.308. The number of hydrogen-bond donors (Lipinski definition) is 3. The standard InChI is InChI=1S/C13H13N3O4/c17-7-5-10(13(19)20)16(6-7)12(18)11-8-3-1-2-4-9(8)14-15-11/h1-4,7,10,17H,5-6H2,(H,14,15)(H,19,20)/t7-,10+/m1/s1. The van der Waals surface area contributed by atoms with Crippen molar-refractivity contribution < 1.29 is 19.8 Å². The number of carboxylic acids is 1. The van der Waals surface area contributed by atoms with Gasteiger partial charge in [-0.25, -0.2) is 4.79 Å². The van der Waals surface area contributed by atoms with E-state index in [2.05, 4.69) is 10.2 Å². The first-order valence-electron chi connectivity index (χ1n) is 6.23. The van der Waals surface area contributed by atoms with E-state index in [1.807, 2.05) is 6.07 Å². The zero-order valence-electron chi connectivity index (χ0n) is 10.5. The van der Waals surface area contributed by atoms with Crippen LogP contribution in [0.2, 0.25) is 0 Å². The molecule has 0 bridgehead atoms. The summed E-state index contributed by atoms with van der Waals surface area (Å²) in [5.74, 6) is -1.60. The summed E-state index contributed by atoms with van der Waals surface area (Å²) in [6.07, 6.45) is -0.770. The van der Waals surface area contributed by atoms with Crippen molar-refractivity contribution in [2.24, 2.45) is 0 Å². The average molecular weight is 275 g/mol.